The van der Waals surface area contributed by atoms with Gasteiger partial charge in [-0.3, -0.25) is 10.4 Å². The van der Waals surface area contributed by atoms with Crippen molar-refractivity contribution in [2.75, 3.05) is 6.54 Å². The van der Waals surface area contributed by atoms with Gasteiger partial charge in [0.1, 0.15) is 0 Å². The zero-order valence-electron chi connectivity index (χ0n) is 11.8. The van der Waals surface area contributed by atoms with Crippen LogP contribution in [0.1, 0.15) is 44.4 Å². The molecule has 1 heterocycles. The van der Waals surface area contributed by atoms with Crippen LogP contribution in [-0.4, -0.2) is 18.5 Å². The molecule has 106 valence electrons. The zero-order valence-corrected chi connectivity index (χ0v) is 12.6. The number of aliphatic imine (C=N–C) groups is 1. The second kappa shape index (κ2) is 6.39. The average Bonchev–Trinajstić information content (AvgIpc) is 3.07. The third kappa shape index (κ3) is 3.94. The first-order valence-electron chi connectivity index (χ1n) is 6.93. The van der Waals surface area contributed by atoms with E-state index in [4.69, 9.17) is 5.84 Å². The van der Waals surface area contributed by atoms with E-state index in [0.29, 0.717) is 6.04 Å². The monoisotopic (exact) mass is 280 g/mol. The molecule has 0 bridgehead atoms. The van der Waals surface area contributed by atoms with Crippen LogP contribution in [0.4, 0.5) is 0 Å². The number of thiophene rings is 1. The van der Waals surface area contributed by atoms with E-state index >= 15 is 0 Å². The van der Waals surface area contributed by atoms with Gasteiger partial charge in [0, 0.05) is 16.3 Å². The van der Waals surface area contributed by atoms with Crippen LogP contribution in [0.2, 0.25) is 0 Å². The van der Waals surface area contributed by atoms with E-state index in [-0.39, 0.29) is 5.41 Å². The van der Waals surface area contributed by atoms with E-state index in [1.165, 1.54) is 30.6 Å². The molecule has 4 N–H and O–H groups in total. The first-order valence-corrected chi connectivity index (χ1v) is 7.81. The molecule has 2 rings (SSSR count). The van der Waals surface area contributed by atoms with Gasteiger partial charge in [0.05, 0.1) is 6.54 Å². The van der Waals surface area contributed by atoms with Crippen LogP contribution >= 0.6 is 11.3 Å². The minimum Gasteiger partial charge on any atom is -0.353 e. The van der Waals surface area contributed by atoms with Gasteiger partial charge < -0.3 is 5.32 Å². The first kappa shape index (κ1) is 14.3. The molecule has 0 spiro atoms. The fourth-order valence-corrected chi connectivity index (χ4v) is 3.26. The number of nitrogens with zero attached hydrogens (tertiary/aromatic N) is 1. The molecule has 1 saturated carbocycles. The van der Waals surface area contributed by atoms with Crippen molar-refractivity contribution >= 4 is 17.3 Å². The van der Waals surface area contributed by atoms with Crippen LogP contribution in [0.3, 0.4) is 0 Å². The summed E-state index contributed by atoms with van der Waals surface area (Å²) in [6.45, 7) is 5.16. The predicted octanol–water partition coefficient (Wildman–Crippen LogP) is 2.38. The molecule has 1 aromatic rings. The average molecular weight is 280 g/mol. The second-order valence-electron chi connectivity index (χ2n) is 5.80. The van der Waals surface area contributed by atoms with Gasteiger partial charge in [-0.05, 0) is 24.3 Å². The summed E-state index contributed by atoms with van der Waals surface area (Å²) in [4.78, 5) is 5.96. The van der Waals surface area contributed by atoms with Crippen molar-refractivity contribution in [3.05, 3.63) is 22.4 Å². The summed E-state index contributed by atoms with van der Waals surface area (Å²) in [6.07, 6.45) is 5.04. The Morgan fingerprint density at radius 3 is 2.79 bits per heavy atom. The minimum atomic E-state index is 0.0492. The van der Waals surface area contributed by atoms with Crippen molar-refractivity contribution in [2.45, 2.75) is 51.0 Å². The Bertz CT molecular complexity index is 405. The van der Waals surface area contributed by atoms with Gasteiger partial charge in [-0.25, -0.2) is 5.84 Å². The second-order valence-corrected chi connectivity index (χ2v) is 6.74. The summed E-state index contributed by atoms with van der Waals surface area (Å²) >= 11 is 1.78. The predicted molar refractivity (Wildman–Crippen MR) is 82.4 cm³/mol. The molecule has 0 aromatic carbocycles. The highest BCUT2D eigenvalue weighted by Crippen LogP contribution is 2.27. The number of guanidine groups is 1. The standard InChI is InChI=1S/C14H24N4S/c1-14(2,12-8-5-9-19-12)10-16-13(18-15)17-11-6-3-4-7-11/h5,8-9,11H,3-4,6-7,10,15H2,1-2H3,(H2,16,17,18). The molecular weight excluding hydrogens is 256 g/mol. The molecule has 0 amide bonds. The molecule has 0 saturated heterocycles. The lowest BCUT2D eigenvalue weighted by atomic mass is 9.92. The molecule has 4 nitrogen and oxygen atoms in total. The SMILES string of the molecule is CC(C)(CN=C(NN)NC1CCCC1)c1cccs1. The van der Waals surface area contributed by atoms with Crippen LogP contribution in [-0.2, 0) is 5.41 Å². The lowest BCUT2D eigenvalue weighted by Gasteiger charge is -2.22. The lowest BCUT2D eigenvalue weighted by Crippen LogP contribution is -2.46. The molecule has 0 radical (unpaired) electrons. The maximum Gasteiger partial charge on any atom is 0.205 e. The van der Waals surface area contributed by atoms with Crippen molar-refractivity contribution in [2.24, 2.45) is 10.8 Å². The fraction of sp³-hybridized carbons (Fsp3) is 0.643. The van der Waals surface area contributed by atoms with Crippen molar-refractivity contribution < 1.29 is 0 Å². The molecule has 1 fully saturated rings. The minimum absolute atomic E-state index is 0.0492. The number of rotatable bonds is 4. The molecule has 1 aliphatic rings. The third-order valence-electron chi connectivity index (χ3n) is 3.65. The van der Waals surface area contributed by atoms with Crippen molar-refractivity contribution in [1.29, 1.82) is 0 Å². The summed E-state index contributed by atoms with van der Waals surface area (Å²) in [6, 6.07) is 4.78. The quantitative estimate of drug-likeness (QED) is 0.343. The van der Waals surface area contributed by atoms with Crippen molar-refractivity contribution in [3.63, 3.8) is 0 Å². The maximum atomic E-state index is 5.56. The lowest BCUT2D eigenvalue weighted by molar-refractivity contribution is 0.543. The Morgan fingerprint density at radius 2 is 2.21 bits per heavy atom. The number of hydrogen-bond donors (Lipinski definition) is 3. The van der Waals surface area contributed by atoms with Crippen LogP contribution in [0.15, 0.2) is 22.5 Å². The van der Waals surface area contributed by atoms with E-state index < -0.39 is 0 Å². The van der Waals surface area contributed by atoms with Crippen LogP contribution in [0, 0.1) is 0 Å². The van der Waals surface area contributed by atoms with Crippen molar-refractivity contribution in [1.82, 2.24) is 10.7 Å². The van der Waals surface area contributed by atoms with Gasteiger partial charge in [0.2, 0.25) is 5.96 Å². The summed E-state index contributed by atoms with van der Waals surface area (Å²) < 4.78 is 0. The Morgan fingerprint density at radius 1 is 1.47 bits per heavy atom. The Balaban J connectivity index is 1.94. The molecule has 1 aliphatic carbocycles. The van der Waals surface area contributed by atoms with Crippen LogP contribution < -0.4 is 16.6 Å². The number of nitrogens with one attached hydrogen (secondary N) is 2. The van der Waals surface area contributed by atoms with Gasteiger partial charge >= 0.3 is 0 Å². The topological polar surface area (TPSA) is 62.4 Å². The summed E-state index contributed by atoms with van der Waals surface area (Å²) in [5.74, 6) is 6.28. The zero-order chi connectivity index (χ0) is 13.7. The molecular formula is C14H24N4S. The molecule has 0 unspecified atom stereocenters. The Hall–Kier alpha value is -1.07. The smallest absolute Gasteiger partial charge is 0.205 e. The third-order valence-corrected chi connectivity index (χ3v) is 4.89. The normalized spacial score (nSPS) is 17.7. The first-order chi connectivity index (χ1) is 9.12. The van der Waals surface area contributed by atoms with E-state index in [1.54, 1.807) is 11.3 Å². The van der Waals surface area contributed by atoms with Gasteiger partial charge in [-0.15, -0.1) is 11.3 Å². The molecule has 5 heteroatoms. The highest BCUT2D eigenvalue weighted by atomic mass is 32.1. The molecule has 1 aromatic heterocycles. The number of nitrogens with two attached hydrogens (primary N) is 1. The summed E-state index contributed by atoms with van der Waals surface area (Å²) in [5.41, 5.74) is 2.74. The maximum absolute atomic E-state index is 5.56. The van der Waals surface area contributed by atoms with E-state index in [9.17, 15) is 0 Å². The highest BCUT2D eigenvalue weighted by Gasteiger charge is 2.22. The fourth-order valence-electron chi connectivity index (χ4n) is 2.41. The highest BCUT2D eigenvalue weighted by molar-refractivity contribution is 7.10. The van der Waals surface area contributed by atoms with E-state index in [1.807, 2.05) is 0 Å². The van der Waals surface area contributed by atoms with E-state index in [2.05, 4.69) is 47.1 Å². The summed E-state index contributed by atoms with van der Waals surface area (Å²) in [5, 5.41) is 5.51. The summed E-state index contributed by atoms with van der Waals surface area (Å²) in [7, 11) is 0. The van der Waals surface area contributed by atoms with Crippen LogP contribution in [0.5, 0.6) is 0 Å². The van der Waals surface area contributed by atoms with Crippen molar-refractivity contribution in [3.8, 4) is 0 Å². The Kier molecular flexibility index (Phi) is 4.82. The van der Waals surface area contributed by atoms with Gasteiger partial charge in [-0.2, -0.15) is 0 Å². The number of hydrazine groups is 1. The van der Waals surface area contributed by atoms with Gasteiger partial charge in [0.15, 0.2) is 0 Å². The molecule has 0 atom stereocenters. The van der Waals surface area contributed by atoms with E-state index in [0.717, 1.165) is 12.5 Å². The largest absolute Gasteiger partial charge is 0.353 e. The Labute approximate surface area is 119 Å². The van der Waals surface area contributed by atoms with Crippen LogP contribution in [0.25, 0.3) is 0 Å². The van der Waals surface area contributed by atoms with Gasteiger partial charge in [0.25, 0.3) is 0 Å². The molecule has 19 heavy (non-hydrogen) atoms. The molecule has 0 aliphatic heterocycles. The van der Waals surface area contributed by atoms with Gasteiger partial charge in [-0.1, -0.05) is 32.8 Å². The number of hydrogen-bond acceptors (Lipinski definition) is 3.